The van der Waals surface area contributed by atoms with Crippen molar-refractivity contribution in [3.63, 3.8) is 0 Å². The normalized spacial score (nSPS) is 22.2. The lowest BCUT2D eigenvalue weighted by atomic mass is 9.93. The minimum Gasteiger partial charge on any atom is -0.474 e. The Bertz CT molecular complexity index is 1460. The molecule has 3 aromatic heterocycles. The molecule has 1 aliphatic carbocycles. The van der Waals surface area contributed by atoms with Crippen molar-refractivity contribution < 1.29 is 22.6 Å². The number of hydrogen-bond donors (Lipinski definition) is 2. The fourth-order valence-electron chi connectivity index (χ4n) is 5.59. The number of rotatable bonds is 9. The first-order chi connectivity index (χ1) is 20.4. The zero-order valence-corrected chi connectivity index (χ0v) is 24.7. The van der Waals surface area contributed by atoms with Crippen LogP contribution in [0.25, 0.3) is 10.9 Å². The number of anilines is 3. The number of morpholine rings is 2. The standard InChI is InChI=1S/C28H38N8O5S/c1-42(37,38)34-22-14-24-25(29-18-22)15-26(36-8-12-40-13-9-36)33-27(24)41-23-4-2-21(3-5-23)32-28-30-16-20(17-31-28)19-35-6-10-39-11-7-35/h14-18,21,23,34H,2-13,19H2,1H3,(H,30,31,32)/t21-,23+. The van der Waals surface area contributed by atoms with Gasteiger partial charge >= 0.3 is 0 Å². The van der Waals surface area contributed by atoms with Gasteiger partial charge in [-0.05, 0) is 31.7 Å². The number of fused-ring (bicyclic) bond motifs is 1. The van der Waals surface area contributed by atoms with Crippen LogP contribution in [0.1, 0.15) is 31.2 Å². The highest BCUT2D eigenvalue weighted by Gasteiger charge is 2.25. The summed E-state index contributed by atoms with van der Waals surface area (Å²) in [6, 6.07) is 3.92. The van der Waals surface area contributed by atoms with Gasteiger partial charge in [-0.3, -0.25) is 14.6 Å². The number of nitrogens with zero attached hydrogens (tertiary/aromatic N) is 6. The van der Waals surface area contributed by atoms with Crippen LogP contribution in [0.2, 0.25) is 0 Å². The molecule has 0 spiro atoms. The van der Waals surface area contributed by atoms with E-state index in [2.05, 4.69) is 34.8 Å². The number of hydrogen-bond acceptors (Lipinski definition) is 12. The average Bonchev–Trinajstić information content (AvgIpc) is 2.99. The first-order valence-corrected chi connectivity index (χ1v) is 16.4. The summed E-state index contributed by atoms with van der Waals surface area (Å²) >= 11 is 0. The van der Waals surface area contributed by atoms with Gasteiger partial charge in [-0.1, -0.05) is 0 Å². The molecule has 14 heteroatoms. The molecule has 0 unspecified atom stereocenters. The van der Waals surface area contributed by atoms with Crippen LogP contribution in [0.3, 0.4) is 0 Å². The Morgan fingerprint density at radius 3 is 2.31 bits per heavy atom. The van der Waals surface area contributed by atoms with E-state index < -0.39 is 10.0 Å². The third-order valence-electron chi connectivity index (χ3n) is 7.77. The molecule has 0 bridgehead atoms. The Hall–Kier alpha value is -3.33. The summed E-state index contributed by atoms with van der Waals surface area (Å²) in [5.41, 5.74) is 2.17. The summed E-state index contributed by atoms with van der Waals surface area (Å²) in [5, 5.41) is 4.16. The highest BCUT2D eigenvalue weighted by molar-refractivity contribution is 7.92. The number of nitrogens with one attached hydrogen (secondary N) is 2. The SMILES string of the molecule is CS(=O)(=O)Nc1cnc2cc(N3CCOCC3)nc(O[C@H]3CC[C@@H](Nc4ncc(CN5CCOCC5)cn4)CC3)c2c1. The number of sulfonamides is 1. The summed E-state index contributed by atoms with van der Waals surface area (Å²) in [6.07, 6.45) is 9.90. The van der Waals surface area contributed by atoms with Gasteiger partial charge in [0.05, 0.1) is 55.5 Å². The molecule has 13 nitrogen and oxygen atoms in total. The molecule has 2 saturated heterocycles. The predicted molar refractivity (Wildman–Crippen MR) is 159 cm³/mol. The van der Waals surface area contributed by atoms with E-state index in [0.29, 0.717) is 41.6 Å². The van der Waals surface area contributed by atoms with Crippen LogP contribution in [0.15, 0.2) is 30.7 Å². The first kappa shape index (κ1) is 28.8. The molecule has 226 valence electrons. The number of pyridine rings is 2. The molecule has 0 atom stereocenters. The van der Waals surface area contributed by atoms with Crippen molar-refractivity contribution in [2.45, 2.75) is 44.4 Å². The molecular formula is C28H38N8O5S. The molecule has 0 radical (unpaired) electrons. The fourth-order valence-corrected chi connectivity index (χ4v) is 6.13. The van der Waals surface area contributed by atoms with Gasteiger partial charge in [-0.15, -0.1) is 0 Å². The summed E-state index contributed by atoms with van der Waals surface area (Å²) in [6.45, 7) is 7.00. The smallest absolute Gasteiger partial charge is 0.229 e. The van der Waals surface area contributed by atoms with Crippen LogP contribution in [0.5, 0.6) is 5.88 Å². The third-order valence-corrected chi connectivity index (χ3v) is 8.38. The maximum atomic E-state index is 11.8. The zero-order chi connectivity index (χ0) is 28.9. The third kappa shape index (κ3) is 7.54. The second kappa shape index (κ2) is 12.9. The van der Waals surface area contributed by atoms with E-state index >= 15 is 0 Å². The summed E-state index contributed by atoms with van der Waals surface area (Å²) in [5.74, 6) is 1.89. The molecule has 6 rings (SSSR count). The topological polar surface area (TPSA) is 144 Å². The van der Waals surface area contributed by atoms with Crippen molar-refractivity contribution in [2.24, 2.45) is 0 Å². The fraction of sp³-hybridized carbons (Fsp3) is 0.571. The van der Waals surface area contributed by atoms with Crippen LogP contribution >= 0.6 is 0 Å². The minimum atomic E-state index is -3.45. The predicted octanol–water partition coefficient (Wildman–Crippen LogP) is 2.26. The van der Waals surface area contributed by atoms with Crippen LogP contribution < -0.4 is 19.7 Å². The van der Waals surface area contributed by atoms with Gasteiger partial charge < -0.3 is 24.4 Å². The quantitative estimate of drug-likeness (QED) is 0.373. The van der Waals surface area contributed by atoms with Crippen molar-refractivity contribution in [1.82, 2.24) is 24.8 Å². The van der Waals surface area contributed by atoms with Crippen LogP contribution in [-0.4, -0.2) is 104 Å². The van der Waals surface area contributed by atoms with Gasteiger partial charge in [-0.25, -0.2) is 18.4 Å². The van der Waals surface area contributed by atoms with Gasteiger partial charge in [-0.2, -0.15) is 4.98 Å². The molecule has 2 aliphatic heterocycles. The Kier molecular flexibility index (Phi) is 8.84. The van der Waals surface area contributed by atoms with Gasteiger partial charge in [0.2, 0.25) is 21.9 Å². The molecule has 1 saturated carbocycles. The van der Waals surface area contributed by atoms with Crippen LogP contribution in [-0.2, 0) is 26.0 Å². The average molecular weight is 599 g/mol. The monoisotopic (exact) mass is 598 g/mol. The van der Waals surface area contributed by atoms with Gasteiger partial charge in [0.15, 0.2) is 0 Å². The lowest BCUT2D eigenvalue weighted by molar-refractivity contribution is 0.0341. The van der Waals surface area contributed by atoms with Crippen molar-refractivity contribution in [3.8, 4) is 5.88 Å². The Labute approximate surface area is 246 Å². The Balaban J connectivity index is 1.11. The van der Waals surface area contributed by atoms with E-state index in [9.17, 15) is 8.42 Å². The molecule has 2 N–H and O–H groups in total. The Morgan fingerprint density at radius 2 is 1.62 bits per heavy atom. The lowest BCUT2D eigenvalue weighted by Gasteiger charge is -2.31. The van der Waals surface area contributed by atoms with E-state index in [1.54, 1.807) is 6.07 Å². The highest BCUT2D eigenvalue weighted by atomic mass is 32.2. The van der Waals surface area contributed by atoms with E-state index in [4.69, 9.17) is 19.2 Å². The lowest BCUT2D eigenvalue weighted by Crippen LogP contribution is -2.37. The second-order valence-electron chi connectivity index (χ2n) is 11.1. The zero-order valence-electron chi connectivity index (χ0n) is 23.9. The van der Waals surface area contributed by atoms with E-state index in [1.807, 2.05) is 18.5 Å². The van der Waals surface area contributed by atoms with Crippen molar-refractivity contribution in [1.29, 1.82) is 0 Å². The van der Waals surface area contributed by atoms with E-state index in [0.717, 1.165) is 89.3 Å². The van der Waals surface area contributed by atoms with E-state index in [-0.39, 0.29) is 12.1 Å². The van der Waals surface area contributed by atoms with Crippen molar-refractivity contribution in [2.75, 3.05) is 73.8 Å². The minimum absolute atomic E-state index is 0.0259. The largest absolute Gasteiger partial charge is 0.474 e. The second-order valence-corrected chi connectivity index (χ2v) is 12.8. The molecule has 0 aromatic carbocycles. The van der Waals surface area contributed by atoms with Crippen molar-refractivity contribution >= 4 is 38.4 Å². The summed E-state index contributed by atoms with van der Waals surface area (Å²) < 4.78 is 43.6. The molecule has 42 heavy (non-hydrogen) atoms. The number of aromatic nitrogens is 4. The van der Waals surface area contributed by atoms with Gasteiger partial charge in [0.1, 0.15) is 11.9 Å². The summed E-state index contributed by atoms with van der Waals surface area (Å²) in [7, 11) is -3.45. The van der Waals surface area contributed by atoms with Crippen molar-refractivity contribution in [3.05, 3.63) is 36.3 Å². The molecule has 3 fully saturated rings. The maximum absolute atomic E-state index is 11.8. The van der Waals surface area contributed by atoms with Crippen LogP contribution in [0.4, 0.5) is 17.5 Å². The van der Waals surface area contributed by atoms with Gasteiger partial charge in [0, 0.05) is 62.8 Å². The van der Waals surface area contributed by atoms with Gasteiger partial charge in [0.25, 0.3) is 0 Å². The molecule has 3 aliphatic rings. The highest BCUT2D eigenvalue weighted by Crippen LogP contribution is 2.33. The molecule has 0 amide bonds. The van der Waals surface area contributed by atoms with E-state index in [1.165, 1.54) is 6.20 Å². The number of ether oxygens (including phenoxy) is 3. The Morgan fingerprint density at radius 1 is 0.929 bits per heavy atom. The molecule has 3 aromatic rings. The maximum Gasteiger partial charge on any atom is 0.229 e. The van der Waals surface area contributed by atoms with Crippen LogP contribution in [0, 0.1) is 0 Å². The first-order valence-electron chi connectivity index (χ1n) is 14.5. The summed E-state index contributed by atoms with van der Waals surface area (Å²) in [4.78, 5) is 23.0. The molecule has 5 heterocycles. The molecular weight excluding hydrogens is 560 g/mol.